The van der Waals surface area contributed by atoms with Crippen molar-refractivity contribution in [1.82, 2.24) is 10.6 Å². The quantitative estimate of drug-likeness (QED) is 0.751. The van der Waals surface area contributed by atoms with Crippen LogP contribution in [0, 0.1) is 0 Å². The standard InChI is InChI=1S/C16H23ClN4O3/c1-11(2)19-16(23)20-15(22)10-18-13-9-12(17)3-4-14(13)21-5-7-24-8-6-21/h3-4,9,11,18H,5-8,10H2,1-2H3,(H2,19,20,22,23). The van der Waals surface area contributed by atoms with Gasteiger partial charge in [-0.3, -0.25) is 10.1 Å². The fourth-order valence-electron chi connectivity index (χ4n) is 2.37. The van der Waals surface area contributed by atoms with Crippen molar-refractivity contribution in [1.29, 1.82) is 0 Å². The lowest BCUT2D eigenvalue weighted by molar-refractivity contribution is -0.118. The van der Waals surface area contributed by atoms with Crippen LogP contribution < -0.4 is 20.9 Å². The molecule has 1 aliphatic heterocycles. The van der Waals surface area contributed by atoms with Crippen molar-refractivity contribution < 1.29 is 14.3 Å². The van der Waals surface area contributed by atoms with Crippen molar-refractivity contribution in [3.63, 3.8) is 0 Å². The zero-order valence-corrected chi connectivity index (χ0v) is 14.7. The number of hydrogen-bond donors (Lipinski definition) is 3. The summed E-state index contributed by atoms with van der Waals surface area (Å²) in [5.74, 6) is -0.416. The van der Waals surface area contributed by atoms with E-state index in [4.69, 9.17) is 16.3 Å². The Morgan fingerprint density at radius 1 is 1.29 bits per heavy atom. The van der Waals surface area contributed by atoms with Gasteiger partial charge in [0, 0.05) is 24.2 Å². The van der Waals surface area contributed by atoms with E-state index in [2.05, 4.69) is 20.9 Å². The van der Waals surface area contributed by atoms with E-state index >= 15 is 0 Å². The van der Waals surface area contributed by atoms with E-state index in [0.717, 1.165) is 24.5 Å². The number of rotatable bonds is 5. The molecule has 0 radical (unpaired) electrons. The fourth-order valence-corrected chi connectivity index (χ4v) is 2.55. The topological polar surface area (TPSA) is 82.7 Å². The molecule has 0 aromatic heterocycles. The second-order valence-electron chi connectivity index (χ2n) is 5.79. The Balaban J connectivity index is 1.97. The van der Waals surface area contributed by atoms with E-state index in [1.165, 1.54) is 0 Å². The van der Waals surface area contributed by atoms with Gasteiger partial charge in [-0.1, -0.05) is 11.6 Å². The predicted molar refractivity (Wildman–Crippen MR) is 94.8 cm³/mol. The number of benzene rings is 1. The van der Waals surface area contributed by atoms with E-state index in [0.29, 0.717) is 18.2 Å². The van der Waals surface area contributed by atoms with E-state index in [1.54, 1.807) is 6.07 Å². The van der Waals surface area contributed by atoms with Crippen LogP contribution in [0.2, 0.25) is 5.02 Å². The van der Waals surface area contributed by atoms with Crippen molar-refractivity contribution in [2.24, 2.45) is 0 Å². The van der Waals surface area contributed by atoms with Crippen molar-refractivity contribution >= 4 is 34.9 Å². The van der Waals surface area contributed by atoms with Gasteiger partial charge in [-0.25, -0.2) is 4.79 Å². The highest BCUT2D eigenvalue weighted by molar-refractivity contribution is 6.31. The minimum atomic E-state index is -0.503. The van der Waals surface area contributed by atoms with Gasteiger partial charge in [-0.2, -0.15) is 0 Å². The number of morpholine rings is 1. The maximum atomic E-state index is 11.9. The number of ether oxygens (including phenoxy) is 1. The van der Waals surface area contributed by atoms with Crippen LogP contribution in [0.5, 0.6) is 0 Å². The molecule has 0 spiro atoms. The maximum absolute atomic E-state index is 11.9. The van der Waals surface area contributed by atoms with Crippen LogP contribution in [0.1, 0.15) is 13.8 Å². The number of halogens is 1. The van der Waals surface area contributed by atoms with Crippen LogP contribution in [-0.4, -0.2) is 50.8 Å². The molecule has 1 aliphatic rings. The number of nitrogens with one attached hydrogen (secondary N) is 3. The highest BCUT2D eigenvalue weighted by Gasteiger charge is 2.16. The number of imide groups is 1. The lowest BCUT2D eigenvalue weighted by atomic mass is 10.2. The zero-order valence-electron chi connectivity index (χ0n) is 13.9. The maximum Gasteiger partial charge on any atom is 0.321 e. The Morgan fingerprint density at radius 3 is 2.67 bits per heavy atom. The lowest BCUT2D eigenvalue weighted by Crippen LogP contribution is -2.44. The summed E-state index contributed by atoms with van der Waals surface area (Å²) >= 11 is 6.06. The summed E-state index contributed by atoms with van der Waals surface area (Å²) in [6.45, 7) is 6.50. The number of nitrogens with zero attached hydrogens (tertiary/aromatic N) is 1. The molecule has 0 aliphatic carbocycles. The molecule has 132 valence electrons. The number of anilines is 2. The summed E-state index contributed by atoms with van der Waals surface area (Å²) < 4.78 is 5.36. The molecule has 0 saturated carbocycles. The summed E-state index contributed by atoms with van der Waals surface area (Å²) in [7, 11) is 0. The molecule has 0 atom stereocenters. The molecular formula is C16H23ClN4O3. The molecule has 3 amide bonds. The van der Waals surface area contributed by atoms with E-state index in [-0.39, 0.29) is 12.6 Å². The molecule has 1 aromatic carbocycles. The Labute approximate surface area is 146 Å². The summed E-state index contributed by atoms with van der Waals surface area (Å²) in [5.41, 5.74) is 1.71. The average Bonchev–Trinajstić information content (AvgIpc) is 2.53. The first-order valence-electron chi connectivity index (χ1n) is 7.92. The highest BCUT2D eigenvalue weighted by atomic mass is 35.5. The van der Waals surface area contributed by atoms with Crippen LogP contribution >= 0.6 is 11.6 Å². The first-order chi connectivity index (χ1) is 11.5. The first-order valence-corrected chi connectivity index (χ1v) is 8.30. The normalized spacial score (nSPS) is 14.4. The van der Waals surface area contributed by atoms with Gasteiger partial charge in [0.15, 0.2) is 0 Å². The van der Waals surface area contributed by atoms with Gasteiger partial charge in [0.1, 0.15) is 0 Å². The number of hydrogen-bond acceptors (Lipinski definition) is 5. The third-order valence-corrected chi connectivity index (χ3v) is 3.66. The first kappa shape index (κ1) is 18.4. The molecule has 0 unspecified atom stereocenters. The van der Waals surface area contributed by atoms with Crippen molar-refractivity contribution in [3.8, 4) is 0 Å². The third-order valence-electron chi connectivity index (χ3n) is 3.42. The van der Waals surface area contributed by atoms with Crippen LogP contribution in [0.4, 0.5) is 16.2 Å². The number of carbonyl (C=O) groups excluding carboxylic acids is 2. The smallest absolute Gasteiger partial charge is 0.321 e. The van der Waals surface area contributed by atoms with Gasteiger partial charge in [0.2, 0.25) is 5.91 Å². The Morgan fingerprint density at radius 2 is 2.00 bits per heavy atom. The SMILES string of the molecule is CC(C)NC(=O)NC(=O)CNc1cc(Cl)ccc1N1CCOCC1. The summed E-state index contributed by atoms with van der Waals surface area (Å²) in [4.78, 5) is 25.6. The van der Waals surface area contributed by atoms with Gasteiger partial charge in [-0.05, 0) is 32.0 Å². The summed E-state index contributed by atoms with van der Waals surface area (Å²) in [6, 6.07) is 4.96. The van der Waals surface area contributed by atoms with Gasteiger partial charge in [0.25, 0.3) is 0 Å². The minimum absolute atomic E-state index is 0.0246. The van der Waals surface area contributed by atoms with Crippen LogP contribution in [0.3, 0.4) is 0 Å². The minimum Gasteiger partial charge on any atom is -0.378 e. The van der Waals surface area contributed by atoms with Crippen LogP contribution in [0.15, 0.2) is 18.2 Å². The molecule has 1 saturated heterocycles. The van der Waals surface area contributed by atoms with Gasteiger partial charge < -0.3 is 20.3 Å². The summed E-state index contributed by atoms with van der Waals surface area (Å²) in [6.07, 6.45) is 0. The van der Waals surface area contributed by atoms with Gasteiger partial charge >= 0.3 is 6.03 Å². The lowest BCUT2D eigenvalue weighted by Gasteiger charge is -2.30. The molecule has 1 heterocycles. The summed E-state index contributed by atoms with van der Waals surface area (Å²) in [5, 5.41) is 8.51. The zero-order chi connectivity index (χ0) is 17.5. The number of carbonyl (C=O) groups is 2. The molecule has 2 rings (SSSR count). The fraction of sp³-hybridized carbons (Fsp3) is 0.500. The van der Waals surface area contributed by atoms with Crippen LogP contribution in [-0.2, 0) is 9.53 Å². The van der Waals surface area contributed by atoms with Gasteiger partial charge in [-0.15, -0.1) is 0 Å². The third kappa shape index (κ3) is 5.58. The second kappa shape index (κ2) is 8.75. The molecular weight excluding hydrogens is 332 g/mol. The number of urea groups is 1. The van der Waals surface area contributed by atoms with Gasteiger partial charge in [0.05, 0.1) is 31.1 Å². The largest absolute Gasteiger partial charge is 0.378 e. The van der Waals surface area contributed by atoms with E-state index < -0.39 is 11.9 Å². The Bertz CT molecular complexity index is 589. The van der Waals surface area contributed by atoms with Crippen LogP contribution in [0.25, 0.3) is 0 Å². The number of amides is 3. The molecule has 7 nitrogen and oxygen atoms in total. The molecule has 3 N–H and O–H groups in total. The van der Waals surface area contributed by atoms with E-state index in [9.17, 15) is 9.59 Å². The van der Waals surface area contributed by atoms with Crippen molar-refractivity contribution in [3.05, 3.63) is 23.2 Å². The Hall–Kier alpha value is -1.99. The predicted octanol–water partition coefficient (Wildman–Crippen LogP) is 1.82. The average molecular weight is 355 g/mol. The van der Waals surface area contributed by atoms with Crippen molar-refractivity contribution in [2.45, 2.75) is 19.9 Å². The van der Waals surface area contributed by atoms with E-state index in [1.807, 2.05) is 26.0 Å². The monoisotopic (exact) mass is 354 g/mol. The molecule has 0 bridgehead atoms. The molecule has 1 fully saturated rings. The second-order valence-corrected chi connectivity index (χ2v) is 6.23. The highest BCUT2D eigenvalue weighted by Crippen LogP contribution is 2.29. The Kier molecular flexibility index (Phi) is 6.69. The molecule has 24 heavy (non-hydrogen) atoms. The van der Waals surface area contributed by atoms with Crippen molar-refractivity contribution in [2.75, 3.05) is 43.1 Å². The molecule has 8 heteroatoms. The molecule has 1 aromatic rings.